The molecule has 3 atom stereocenters. The first-order chi connectivity index (χ1) is 16.0. The highest BCUT2D eigenvalue weighted by Gasteiger charge is 2.32. The molecule has 0 unspecified atom stereocenters. The zero-order valence-corrected chi connectivity index (χ0v) is 19.8. The summed E-state index contributed by atoms with van der Waals surface area (Å²) in [4.78, 5) is 40.7. The molecule has 0 spiro atoms. The van der Waals surface area contributed by atoms with Crippen LogP contribution in [0.2, 0.25) is 0 Å². The van der Waals surface area contributed by atoms with Crippen molar-refractivity contribution in [3.63, 3.8) is 0 Å². The van der Waals surface area contributed by atoms with Gasteiger partial charge in [-0.15, -0.1) is 0 Å². The summed E-state index contributed by atoms with van der Waals surface area (Å²) in [5.74, 6) is -2.34. The molecule has 1 saturated heterocycles. The average Bonchev–Trinajstić information content (AvgIpc) is 3.34. The van der Waals surface area contributed by atoms with E-state index in [1.807, 2.05) is 26.8 Å². The fourth-order valence-corrected chi connectivity index (χ4v) is 4.13. The molecule has 3 rings (SSSR count). The van der Waals surface area contributed by atoms with Gasteiger partial charge in [-0.25, -0.2) is 4.39 Å². The third-order valence-electron chi connectivity index (χ3n) is 5.77. The Hall–Kier alpha value is -3.61. The Kier molecular flexibility index (Phi) is 7.44. The van der Waals surface area contributed by atoms with Gasteiger partial charge in [-0.05, 0) is 36.8 Å². The summed E-state index contributed by atoms with van der Waals surface area (Å²) in [6, 6.07) is 4.98. The molecule has 9 nitrogen and oxygen atoms in total. The van der Waals surface area contributed by atoms with E-state index < -0.39 is 29.7 Å². The summed E-state index contributed by atoms with van der Waals surface area (Å²) in [6.45, 7) is 6.24. The molecule has 4 N–H and O–H groups in total. The standard InChI is InChI=1S/C24H30FN5O4/c1-24(2,3)11-16(22(32)28-14(12-26)10-13-8-9-27-21(13)31)30-23(33)20-19(25)18-15(29-20)6-5-7-17(18)34-4/h5-7,13-14,16,29H,8-11H2,1-4H3,(H,27,31)(H,28,32)(H,30,33)/t13-,14-,16-/m0/s1. The number of benzene rings is 1. The third-order valence-corrected chi connectivity index (χ3v) is 5.77. The van der Waals surface area contributed by atoms with Gasteiger partial charge < -0.3 is 25.7 Å². The number of halogens is 1. The van der Waals surface area contributed by atoms with Crippen LogP contribution in [-0.4, -0.2) is 48.4 Å². The number of nitrogens with zero attached hydrogens (tertiary/aromatic N) is 1. The molecular weight excluding hydrogens is 441 g/mol. The Balaban J connectivity index is 1.79. The van der Waals surface area contributed by atoms with Crippen molar-refractivity contribution in [2.75, 3.05) is 13.7 Å². The predicted molar refractivity (Wildman–Crippen MR) is 123 cm³/mol. The van der Waals surface area contributed by atoms with Crippen molar-refractivity contribution in [2.24, 2.45) is 11.3 Å². The molecule has 1 aromatic carbocycles. The van der Waals surface area contributed by atoms with Crippen LogP contribution in [0.15, 0.2) is 18.2 Å². The number of fused-ring (bicyclic) bond motifs is 1. The minimum Gasteiger partial charge on any atom is -0.496 e. The number of aromatic nitrogens is 1. The van der Waals surface area contributed by atoms with E-state index in [2.05, 4.69) is 20.9 Å². The third kappa shape index (κ3) is 5.65. The second kappa shape index (κ2) is 10.1. The first-order valence-electron chi connectivity index (χ1n) is 11.2. The van der Waals surface area contributed by atoms with E-state index in [4.69, 9.17) is 4.74 Å². The molecule has 1 fully saturated rings. The minimum absolute atomic E-state index is 0.140. The Morgan fingerprint density at radius 3 is 2.65 bits per heavy atom. The summed E-state index contributed by atoms with van der Waals surface area (Å²) in [5, 5.41) is 17.6. The molecule has 0 saturated carbocycles. The SMILES string of the molecule is COc1cccc2[nH]c(C(=O)N[C@@H](CC(C)(C)C)C(=O)N[C@H](C#N)C[C@@H]3CCNC3=O)c(F)c12. The highest BCUT2D eigenvalue weighted by molar-refractivity contribution is 6.02. The van der Waals surface area contributed by atoms with Crippen molar-refractivity contribution >= 4 is 28.6 Å². The summed E-state index contributed by atoms with van der Waals surface area (Å²) in [5.41, 5.74) is -0.283. The van der Waals surface area contributed by atoms with Crippen LogP contribution in [0.25, 0.3) is 10.9 Å². The second-order valence-electron chi connectivity index (χ2n) is 9.69. The van der Waals surface area contributed by atoms with E-state index >= 15 is 4.39 Å². The molecule has 2 heterocycles. The van der Waals surface area contributed by atoms with E-state index in [0.29, 0.717) is 18.5 Å². The van der Waals surface area contributed by atoms with Crippen molar-refractivity contribution in [1.82, 2.24) is 20.9 Å². The Morgan fingerprint density at radius 1 is 1.32 bits per heavy atom. The highest BCUT2D eigenvalue weighted by Crippen LogP contribution is 2.30. The summed E-state index contributed by atoms with van der Waals surface area (Å²) < 4.78 is 20.3. The molecule has 0 radical (unpaired) electrons. The molecule has 1 aliphatic rings. The quantitative estimate of drug-likeness (QED) is 0.469. The number of H-pyrrole nitrogens is 1. The monoisotopic (exact) mass is 471 g/mol. The Labute approximate surface area is 197 Å². The lowest BCUT2D eigenvalue weighted by Gasteiger charge is -2.27. The van der Waals surface area contributed by atoms with Crippen LogP contribution in [-0.2, 0) is 9.59 Å². The van der Waals surface area contributed by atoms with Crippen LogP contribution in [0.3, 0.4) is 0 Å². The van der Waals surface area contributed by atoms with Gasteiger partial charge in [0.25, 0.3) is 5.91 Å². The van der Waals surface area contributed by atoms with Gasteiger partial charge in [-0.2, -0.15) is 5.26 Å². The fraction of sp³-hybridized carbons (Fsp3) is 0.500. The summed E-state index contributed by atoms with van der Waals surface area (Å²) in [6.07, 6.45) is 1.02. The molecule has 3 amide bonds. The smallest absolute Gasteiger partial charge is 0.271 e. The zero-order chi connectivity index (χ0) is 25.0. The molecule has 2 aromatic rings. The van der Waals surface area contributed by atoms with Crippen LogP contribution in [0.4, 0.5) is 4.39 Å². The lowest BCUT2D eigenvalue weighted by Crippen LogP contribution is -2.51. The van der Waals surface area contributed by atoms with Crippen LogP contribution in [0.1, 0.15) is 50.5 Å². The number of carbonyl (C=O) groups is 3. The average molecular weight is 472 g/mol. The molecule has 182 valence electrons. The van der Waals surface area contributed by atoms with Crippen LogP contribution >= 0.6 is 0 Å². The Morgan fingerprint density at radius 2 is 2.06 bits per heavy atom. The number of amides is 3. The summed E-state index contributed by atoms with van der Waals surface area (Å²) in [7, 11) is 1.41. The first-order valence-corrected chi connectivity index (χ1v) is 11.2. The zero-order valence-electron chi connectivity index (χ0n) is 19.8. The van der Waals surface area contributed by atoms with Crippen molar-refractivity contribution < 1.29 is 23.5 Å². The van der Waals surface area contributed by atoms with Crippen LogP contribution in [0.5, 0.6) is 5.75 Å². The largest absolute Gasteiger partial charge is 0.496 e. The minimum atomic E-state index is -1.02. The second-order valence-corrected chi connectivity index (χ2v) is 9.69. The topological polar surface area (TPSA) is 136 Å². The molecule has 1 aliphatic heterocycles. The van der Waals surface area contributed by atoms with Crippen LogP contribution < -0.4 is 20.7 Å². The number of methoxy groups -OCH3 is 1. The first kappa shape index (κ1) is 25.0. The summed E-state index contributed by atoms with van der Waals surface area (Å²) >= 11 is 0. The number of hydrogen-bond donors (Lipinski definition) is 4. The van der Waals surface area contributed by atoms with Gasteiger partial charge in [0.1, 0.15) is 23.5 Å². The maximum atomic E-state index is 15.1. The molecule has 1 aromatic heterocycles. The van der Waals surface area contributed by atoms with Gasteiger partial charge in [0.15, 0.2) is 5.82 Å². The molecule has 10 heteroatoms. The predicted octanol–water partition coefficient (Wildman–Crippen LogP) is 2.38. The van der Waals surface area contributed by atoms with E-state index in [1.165, 1.54) is 7.11 Å². The van der Waals surface area contributed by atoms with Gasteiger partial charge in [0.2, 0.25) is 11.8 Å². The van der Waals surface area contributed by atoms with Crippen molar-refractivity contribution in [3.8, 4) is 11.8 Å². The van der Waals surface area contributed by atoms with Crippen molar-refractivity contribution in [3.05, 3.63) is 29.7 Å². The number of nitrogens with one attached hydrogen (secondary N) is 4. The van der Waals surface area contributed by atoms with Gasteiger partial charge in [0, 0.05) is 12.5 Å². The van der Waals surface area contributed by atoms with E-state index in [-0.39, 0.29) is 46.9 Å². The maximum absolute atomic E-state index is 15.1. The highest BCUT2D eigenvalue weighted by atomic mass is 19.1. The lowest BCUT2D eigenvalue weighted by atomic mass is 9.87. The van der Waals surface area contributed by atoms with Crippen LogP contribution in [0, 0.1) is 28.5 Å². The number of rotatable bonds is 8. The molecular formula is C24H30FN5O4. The fourth-order valence-electron chi connectivity index (χ4n) is 4.13. The number of ether oxygens (including phenoxy) is 1. The van der Waals surface area contributed by atoms with Gasteiger partial charge in [-0.3, -0.25) is 14.4 Å². The number of nitriles is 1. The molecule has 34 heavy (non-hydrogen) atoms. The van der Waals surface area contributed by atoms with E-state index in [9.17, 15) is 19.6 Å². The van der Waals surface area contributed by atoms with Gasteiger partial charge in [0.05, 0.1) is 24.1 Å². The van der Waals surface area contributed by atoms with Gasteiger partial charge in [-0.1, -0.05) is 26.8 Å². The molecule has 0 bridgehead atoms. The van der Waals surface area contributed by atoms with E-state index in [0.717, 1.165) is 0 Å². The van der Waals surface area contributed by atoms with Crippen molar-refractivity contribution in [1.29, 1.82) is 5.26 Å². The number of hydrogen-bond acceptors (Lipinski definition) is 5. The molecule has 0 aliphatic carbocycles. The van der Waals surface area contributed by atoms with Crippen molar-refractivity contribution in [2.45, 2.75) is 52.1 Å². The Bertz CT molecular complexity index is 1130. The van der Waals surface area contributed by atoms with Gasteiger partial charge >= 0.3 is 0 Å². The maximum Gasteiger partial charge on any atom is 0.271 e. The number of carbonyl (C=O) groups excluding carboxylic acids is 3. The van der Waals surface area contributed by atoms with E-state index in [1.54, 1.807) is 18.2 Å². The lowest BCUT2D eigenvalue weighted by molar-refractivity contribution is -0.125. The number of aromatic amines is 1. The normalized spacial score (nSPS) is 17.5.